The number of hydrogen-bond donors (Lipinski definition) is 1. The van der Waals surface area contributed by atoms with Gasteiger partial charge in [-0.3, -0.25) is 4.99 Å². The summed E-state index contributed by atoms with van der Waals surface area (Å²) in [7, 11) is 0. The number of aliphatic imine (C=N–C) groups is 1. The number of allylic oxidation sites excluding steroid dienone is 1. The number of aromatic amines is 1. The molecule has 20 heavy (non-hydrogen) atoms. The quantitative estimate of drug-likeness (QED) is 0.639. The van der Waals surface area contributed by atoms with E-state index in [0.717, 1.165) is 21.2 Å². The number of nitrogens with one attached hydrogen (secondary N) is 1. The molecule has 2 nitrogen and oxygen atoms in total. The Kier molecular flexibility index (Phi) is 2.60. The van der Waals surface area contributed by atoms with Gasteiger partial charge in [-0.2, -0.15) is 0 Å². The fraction of sp³-hybridized carbons (Fsp3) is 0. The minimum absolute atomic E-state index is 1.03. The van der Waals surface area contributed by atoms with E-state index in [-0.39, 0.29) is 0 Å². The highest BCUT2D eigenvalue weighted by molar-refractivity contribution is 9.10. The lowest BCUT2D eigenvalue weighted by atomic mass is 10.0. The highest BCUT2D eigenvalue weighted by Gasteiger charge is 2.13. The minimum atomic E-state index is 1.03. The Hall–Kier alpha value is -2.13. The van der Waals surface area contributed by atoms with Crippen LogP contribution in [0.5, 0.6) is 0 Å². The third-order valence-corrected chi connectivity index (χ3v) is 4.04. The average molecular weight is 323 g/mol. The smallest absolute Gasteiger partial charge is 0.0709 e. The number of hydrogen-bond acceptors (Lipinski definition) is 1. The molecule has 0 fully saturated rings. The van der Waals surface area contributed by atoms with E-state index in [1.165, 1.54) is 16.5 Å². The van der Waals surface area contributed by atoms with Crippen LogP contribution in [-0.4, -0.2) is 11.2 Å². The first-order chi connectivity index (χ1) is 9.81. The van der Waals surface area contributed by atoms with Crippen molar-refractivity contribution in [2.45, 2.75) is 0 Å². The Morgan fingerprint density at radius 1 is 1.10 bits per heavy atom. The molecule has 0 bridgehead atoms. The first kappa shape index (κ1) is 11.7. The predicted octanol–water partition coefficient (Wildman–Crippen LogP) is 5.19. The van der Waals surface area contributed by atoms with E-state index >= 15 is 0 Å². The van der Waals surface area contributed by atoms with E-state index in [1.54, 1.807) is 0 Å². The molecule has 0 spiro atoms. The van der Waals surface area contributed by atoms with Crippen molar-refractivity contribution >= 4 is 50.4 Å². The SMILES string of the molecule is Brc1ccc2c(c1)/C(=C/c1c[nH]c3ccccc13)C=N2. The Morgan fingerprint density at radius 2 is 2.00 bits per heavy atom. The lowest BCUT2D eigenvalue weighted by Gasteiger charge is -2.00. The summed E-state index contributed by atoms with van der Waals surface area (Å²) < 4.78 is 1.08. The summed E-state index contributed by atoms with van der Waals surface area (Å²) in [5.74, 6) is 0. The van der Waals surface area contributed by atoms with Gasteiger partial charge in [-0.1, -0.05) is 34.1 Å². The molecule has 0 unspecified atom stereocenters. The maximum Gasteiger partial charge on any atom is 0.0709 e. The maximum absolute atomic E-state index is 4.46. The molecule has 0 radical (unpaired) electrons. The number of rotatable bonds is 1. The summed E-state index contributed by atoms with van der Waals surface area (Å²) in [6.07, 6.45) is 6.15. The fourth-order valence-electron chi connectivity index (χ4n) is 2.56. The molecule has 0 aliphatic carbocycles. The summed E-state index contributed by atoms with van der Waals surface area (Å²) in [4.78, 5) is 7.76. The van der Waals surface area contributed by atoms with Crippen LogP contribution in [-0.2, 0) is 0 Å². The number of H-pyrrole nitrogens is 1. The van der Waals surface area contributed by atoms with Gasteiger partial charge in [0.05, 0.1) is 5.69 Å². The fourth-order valence-corrected chi connectivity index (χ4v) is 2.92. The molecule has 0 saturated carbocycles. The zero-order valence-electron chi connectivity index (χ0n) is 10.6. The van der Waals surface area contributed by atoms with Crippen LogP contribution in [0.2, 0.25) is 0 Å². The van der Waals surface area contributed by atoms with Crippen molar-refractivity contribution in [2.24, 2.45) is 4.99 Å². The molecule has 1 aliphatic heterocycles. The standard InChI is InChI=1S/C17H11BrN2/c18-13-5-6-17-15(8-13)12(10-20-17)7-11-9-19-16-4-2-1-3-14(11)16/h1-10,19H/b12-7+. The van der Waals surface area contributed by atoms with Gasteiger partial charge in [-0.25, -0.2) is 0 Å². The number of para-hydroxylation sites is 1. The average Bonchev–Trinajstić information content (AvgIpc) is 3.05. The number of fused-ring (bicyclic) bond motifs is 2. The Bertz CT molecular complexity index is 872. The van der Waals surface area contributed by atoms with Gasteiger partial charge in [0.25, 0.3) is 0 Å². The molecule has 2 heterocycles. The van der Waals surface area contributed by atoms with Crippen molar-refractivity contribution < 1.29 is 0 Å². The monoisotopic (exact) mass is 322 g/mol. The Balaban J connectivity index is 1.87. The van der Waals surface area contributed by atoms with E-state index in [2.05, 4.69) is 56.2 Å². The maximum atomic E-state index is 4.46. The molecule has 0 saturated heterocycles. The number of benzene rings is 2. The van der Waals surface area contributed by atoms with Crippen molar-refractivity contribution in [3.8, 4) is 0 Å². The number of halogens is 1. The lowest BCUT2D eigenvalue weighted by Crippen LogP contribution is -1.80. The summed E-state index contributed by atoms with van der Waals surface area (Å²) in [6.45, 7) is 0. The van der Waals surface area contributed by atoms with Crippen molar-refractivity contribution in [3.63, 3.8) is 0 Å². The second-order valence-corrected chi connectivity index (χ2v) is 5.72. The van der Waals surface area contributed by atoms with E-state index in [4.69, 9.17) is 0 Å². The van der Waals surface area contributed by atoms with E-state index in [0.29, 0.717) is 0 Å². The molecular weight excluding hydrogens is 312 g/mol. The highest BCUT2D eigenvalue weighted by Crippen LogP contribution is 2.35. The molecular formula is C17H11BrN2. The molecule has 1 aliphatic rings. The van der Waals surface area contributed by atoms with Gasteiger partial charge >= 0.3 is 0 Å². The van der Waals surface area contributed by atoms with Crippen molar-refractivity contribution in [2.75, 3.05) is 0 Å². The van der Waals surface area contributed by atoms with Crippen molar-refractivity contribution in [3.05, 3.63) is 64.3 Å². The van der Waals surface area contributed by atoms with Gasteiger partial charge in [-0.05, 0) is 30.3 Å². The van der Waals surface area contributed by atoms with Gasteiger partial charge < -0.3 is 4.98 Å². The van der Waals surface area contributed by atoms with Crippen LogP contribution >= 0.6 is 15.9 Å². The van der Waals surface area contributed by atoms with Gasteiger partial charge in [0.1, 0.15) is 0 Å². The number of aromatic nitrogens is 1. The van der Waals surface area contributed by atoms with Gasteiger partial charge in [0, 0.05) is 44.5 Å². The third-order valence-electron chi connectivity index (χ3n) is 3.54. The van der Waals surface area contributed by atoms with Crippen LogP contribution in [0, 0.1) is 0 Å². The van der Waals surface area contributed by atoms with Crippen molar-refractivity contribution in [1.82, 2.24) is 4.98 Å². The van der Waals surface area contributed by atoms with E-state index in [1.807, 2.05) is 30.6 Å². The minimum Gasteiger partial charge on any atom is -0.361 e. The second kappa shape index (κ2) is 4.46. The summed E-state index contributed by atoms with van der Waals surface area (Å²) >= 11 is 3.52. The van der Waals surface area contributed by atoms with Crippen LogP contribution in [0.25, 0.3) is 22.6 Å². The molecule has 3 aromatic rings. The van der Waals surface area contributed by atoms with Crippen molar-refractivity contribution in [1.29, 1.82) is 0 Å². The van der Waals surface area contributed by atoms with Gasteiger partial charge in [0.2, 0.25) is 0 Å². The van der Waals surface area contributed by atoms with Crippen LogP contribution in [0.1, 0.15) is 11.1 Å². The second-order valence-electron chi connectivity index (χ2n) is 4.81. The largest absolute Gasteiger partial charge is 0.361 e. The predicted molar refractivity (Wildman–Crippen MR) is 88.5 cm³/mol. The van der Waals surface area contributed by atoms with Gasteiger partial charge in [0.15, 0.2) is 0 Å². The first-order valence-electron chi connectivity index (χ1n) is 6.43. The van der Waals surface area contributed by atoms with E-state index < -0.39 is 0 Å². The summed E-state index contributed by atoms with van der Waals surface area (Å²) in [6, 6.07) is 14.5. The van der Waals surface area contributed by atoms with Gasteiger partial charge in [-0.15, -0.1) is 0 Å². The normalized spacial score (nSPS) is 15.2. The summed E-state index contributed by atoms with van der Waals surface area (Å²) in [5.41, 5.74) is 5.69. The highest BCUT2D eigenvalue weighted by atomic mass is 79.9. The van der Waals surface area contributed by atoms with Crippen LogP contribution in [0.3, 0.4) is 0 Å². The lowest BCUT2D eigenvalue weighted by molar-refractivity contribution is 1.47. The zero-order chi connectivity index (χ0) is 13.5. The van der Waals surface area contributed by atoms with E-state index in [9.17, 15) is 0 Å². The molecule has 1 N–H and O–H groups in total. The molecule has 2 aromatic carbocycles. The Labute approximate surface area is 125 Å². The molecule has 96 valence electrons. The molecule has 4 rings (SSSR count). The third kappa shape index (κ3) is 1.82. The molecule has 3 heteroatoms. The van der Waals surface area contributed by atoms with Crippen LogP contribution in [0.15, 0.2) is 58.1 Å². The Morgan fingerprint density at radius 3 is 2.95 bits per heavy atom. The summed E-state index contributed by atoms with van der Waals surface area (Å²) in [5, 5.41) is 1.23. The molecule has 0 amide bonds. The molecule has 0 atom stereocenters. The van der Waals surface area contributed by atoms with Crippen LogP contribution in [0.4, 0.5) is 5.69 Å². The topological polar surface area (TPSA) is 28.1 Å². The van der Waals surface area contributed by atoms with Crippen LogP contribution < -0.4 is 0 Å². The first-order valence-corrected chi connectivity index (χ1v) is 7.22. The number of nitrogens with zero attached hydrogens (tertiary/aromatic N) is 1. The molecule has 1 aromatic heterocycles. The zero-order valence-corrected chi connectivity index (χ0v) is 12.2.